The van der Waals surface area contributed by atoms with Gasteiger partial charge in [-0.25, -0.2) is 13.1 Å². The fourth-order valence-corrected chi connectivity index (χ4v) is 3.43. The van der Waals surface area contributed by atoms with E-state index in [4.69, 9.17) is 5.26 Å². The number of hydrogen-bond acceptors (Lipinski definition) is 5. The molecular formula is C14H20N4O2S. The van der Waals surface area contributed by atoms with E-state index in [0.29, 0.717) is 11.3 Å². The third-order valence-electron chi connectivity index (χ3n) is 3.68. The first-order valence-electron chi connectivity index (χ1n) is 6.95. The maximum absolute atomic E-state index is 12.1. The van der Waals surface area contributed by atoms with E-state index in [9.17, 15) is 8.42 Å². The highest BCUT2D eigenvalue weighted by Gasteiger charge is 2.23. The Balaban J connectivity index is 2.13. The average molecular weight is 308 g/mol. The summed E-state index contributed by atoms with van der Waals surface area (Å²) in [6.07, 6.45) is 0.532. The van der Waals surface area contributed by atoms with Gasteiger partial charge in [-0.3, -0.25) is 4.90 Å². The van der Waals surface area contributed by atoms with Gasteiger partial charge in [0.1, 0.15) is 4.90 Å². The third kappa shape index (κ3) is 3.73. The highest BCUT2D eigenvalue weighted by molar-refractivity contribution is 7.89. The summed E-state index contributed by atoms with van der Waals surface area (Å²) >= 11 is 0. The van der Waals surface area contributed by atoms with Crippen LogP contribution in [0, 0.1) is 11.3 Å². The molecule has 0 amide bonds. The Kier molecular flexibility index (Phi) is 5.17. The van der Waals surface area contributed by atoms with Crippen LogP contribution in [0.3, 0.4) is 0 Å². The van der Waals surface area contributed by atoms with E-state index >= 15 is 0 Å². The van der Waals surface area contributed by atoms with Crippen LogP contribution in [-0.2, 0) is 10.0 Å². The Labute approximate surface area is 126 Å². The summed E-state index contributed by atoms with van der Waals surface area (Å²) in [5.41, 5.74) is 0.742. The maximum atomic E-state index is 12.1. The number of sulfonamides is 1. The van der Waals surface area contributed by atoms with Gasteiger partial charge in [0.05, 0.1) is 11.8 Å². The third-order valence-corrected chi connectivity index (χ3v) is 5.14. The number of anilines is 1. The number of rotatable bonds is 5. The largest absolute Gasteiger partial charge is 0.368 e. The number of hydrogen-bond donors (Lipinski definition) is 1. The normalized spacial score (nSPS) is 16.7. The molecule has 0 unspecified atom stereocenters. The van der Waals surface area contributed by atoms with Crippen molar-refractivity contribution in [1.82, 2.24) is 9.62 Å². The van der Waals surface area contributed by atoms with E-state index in [1.54, 1.807) is 12.1 Å². The lowest BCUT2D eigenvalue weighted by Gasteiger charge is -2.36. The zero-order chi connectivity index (χ0) is 15.3. The van der Waals surface area contributed by atoms with Gasteiger partial charge in [0.2, 0.25) is 10.0 Å². The fraction of sp³-hybridized carbons (Fsp3) is 0.500. The second kappa shape index (κ2) is 6.89. The lowest BCUT2D eigenvalue weighted by molar-refractivity contribution is 0.263. The molecule has 0 saturated carbocycles. The summed E-state index contributed by atoms with van der Waals surface area (Å²) in [6.45, 7) is 4.00. The average Bonchev–Trinajstić information content (AvgIpc) is 2.53. The minimum Gasteiger partial charge on any atom is -0.368 e. The number of nitrogens with one attached hydrogen (secondary N) is 1. The molecule has 0 aromatic heterocycles. The maximum Gasteiger partial charge on any atom is 0.242 e. The fourth-order valence-electron chi connectivity index (χ4n) is 2.48. The molecule has 7 heteroatoms. The molecule has 1 fully saturated rings. The number of piperazine rings is 1. The molecule has 114 valence electrons. The summed E-state index contributed by atoms with van der Waals surface area (Å²) in [4.78, 5) is 4.64. The second-order valence-corrected chi connectivity index (χ2v) is 6.77. The molecule has 0 radical (unpaired) electrons. The summed E-state index contributed by atoms with van der Waals surface area (Å²) in [5.74, 6) is 0. The van der Waals surface area contributed by atoms with Gasteiger partial charge in [-0.2, -0.15) is 5.26 Å². The number of benzene rings is 1. The smallest absolute Gasteiger partial charge is 0.242 e. The minimum absolute atomic E-state index is 0.318. The van der Waals surface area contributed by atoms with Crippen LogP contribution in [-0.4, -0.2) is 53.1 Å². The van der Waals surface area contributed by atoms with Gasteiger partial charge in [-0.05, 0) is 19.2 Å². The van der Waals surface area contributed by atoms with Crippen molar-refractivity contribution in [3.63, 3.8) is 0 Å². The van der Waals surface area contributed by atoms with Crippen LogP contribution in [0.1, 0.15) is 6.42 Å². The van der Waals surface area contributed by atoms with E-state index in [0.717, 1.165) is 38.4 Å². The van der Waals surface area contributed by atoms with Crippen molar-refractivity contribution in [3.05, 3.63) is 24.3 Å². The lowest BCUT2D eigenvalue weighted by Crippen LogP contribution is -2.47. The summed E-state index contributed by atoms with van der Waals surface area (Å²) < 4.78 is 26.5. The number of para-hydroxylation sites is 1. The molecule has 6 nitrogen and oxygen atoms in total. The van der Waals surface area contributed by atoms with Crippen LogP contribution in [0.25, 0.3) is 0 Å². The van der Waals surface area contributed by atoms with Crippen LogP contribution < -0.4 is 9.62 Å². The Hall–Kier alpha value is -1.62. The van der Waals surface area contributed by atoms with E-state index in [1.165, 1.54) is 7.05 Å². The molecule has 1 heterocycles. The first-order valence-corrected chi connectivity index (χ1v) is 8.43. The summed E-state index contributed by atoms with van der Waals surface area (Å²) in [6, 6.07) is 9.21. The van der Waals surface area contributed by atoms with Gasteiger partial charge in [0, 0.05) is 39.1 Å². The van der Waals surface area contributed by atoms with Gasteiger partial charge >= 0.3 is 0 Å². The lowest BCUT2D eigenvalue weighted by atomic mass is 10.2. The first-order chi connectivity index (χ1) is 10.1. The van der Waals surface area contributed by atoms with Crippen molar-refractivity contribution >= 4 is 15.7 Å². The predicted octanol–water partition coefficient (Wildman–Crippen LogP) is 0.630. The van der Waals surface area contributed by atoms with Crippen molar-refractivity contribution < 1.29 is 8.42 Å². The van der Waals surface area contributed by atoms with Crippen molar-refractivity contribution in [1.29, 1.82) is 5.26 Å². The van der Waals surface area contributed by atoms with Gasteiger partial charge < -0.3 is 4.90 Å². The van der Waals surface area contributed by atoms with Gasteiger partial charge in [0.25, 0.3) is 0 Å². The zero-order valence-corrected chi connectivity index (χ0v) is 12.9. The highest BCUT2D eigenvalue weighted by Crippen LogP contribution is 2.25. The molecule has 1 aliphatic heterocycles. The van der Waals surface area contributed by atoms with Crippen LogP contribution in [0.2, 0.25) is 0 Å². The molecule has 0 atom stereocenters. The topological polar surface area (TPSA) is 76.4 Å². The van der Waals surface area contributed by atoms with Crippen molar-refractivity contribution in [2.24, 2.45) is 0 Å². The molecule has 1 saturated heterocycles. The van der Waals surface area contributed by atoms with Gasteiger partial charge in [-0.15, -0.1) is 0 Å². The highest BCUT2D eigenvalue weighted by atomic mass is 32.2. The van der Waals surface area contributed by atoms with Crippen molar-refractivity contribution in [2.75, 3.05) is 44.7 Å². The minimum atomic E-state index is -3.45. The molecule has 1 aliphatic rings. The monoisotopic (exact) mass is 308 g/mol. The van der Waals surface area contributed by atoms with E-state index in [2.05, 4.69) is 20.6 Å². The molecule has 1 aromatic carbocycles. The Morgan fingerprint density at radius 2 is 1.90 bits per heavy atom. The summed E-state index contributed by atoms with van der Waals surface area (Å²) in [5, 5.41) is 8.62. The molecule has 0 aliphatic carbocycles. The molecule has 2 rings (SSSR count). The molecule has 1 N–H and O–H groups in total. The summed E-state index contributed by atoms with van der Waals surface area (Å²) in [7, 11) is -2.03. The Morgan fingerprint density at radius 1 is 1.24 bits per heavy atom. The van der Waals surface area contributed by atoms with E-state index in [-0.39, 0.29) is 0 Å². The number of nitriles is 1. The van der Waals surface area contributed by atoms with Crippen LogP contribution in [0.5, 0.6) is 0 Å². The van der Waals surface area contributed by atoms with Crippen molar-refractivity contribution in [2.45, 2.75) is 11.3 Å². The second-order valence-electron chi connectivity index (χ2n) is 4.91. The van der Waals surface area contributed by atoms with E-state index in [1.807, 2.05) is 12.1 Å². The quantitative estimate of drug-likeness (QED) is 0.863. The molecule has 0 bridgehead atoms. The standard InChI is InChI=1S/C14H20N4O2S/c1-16-21(19,20)14-6-3-2-5-13(14)18-11-9-17(10-12-18)8-4-7-15/h2-3,5-6,16H,4,8-12H2,1H3. The molecule has 0 spiro atoms. The molecular weight excluding hydrogens is 288 g/mol. The van der Waals surface area contributed by atoms with Gasteiger partial charge in [-0.1, -0.05) is 12.1 Å². The number of nitrogens with zero attached hydrogens (tertiary/aromatic N) is 3. The first kappa shape index (κ1) is 15.8. The zero-order valence-electron chi connectivity index (χ0n) is 12.1. The molecule has 21 heavy (non-hydrogen) atoms. The van der Waals surface area contributed by atoms with Crippen LogP contribution >= 0.6 is 0 Å². The van der Waals surface area contributed by atoms with Crippen LogP contribution in [0.15, 0.2) is 29.2 Å². The van der Waals surface area contributed by atoms with E-state index < -0.39 is 10.0 Å². The Bertz CT molecular complexity index is 616. The molecule has 1 aromatic rings. The Morgan fingerprint density at radius 3 is 2.52 bits per heavy atom. The van der Waals surface area contributed by atoms with Gasteiger partial charge in [0.15, 0.2) is 0 Å². The van der Waals surface area contributed by atoms with Crippen LogP contribution in [0.4, 0.5) is 5.69 Å². The predicted molar refractivity (Wildman–Crippen MR) is 81.6 cm³/mol. The van der Waals surface area contributed by atoms with Crippen molar-refractivity contribution in [3.8, 4) is 6.07 Å². The SMILES string of the molecule is CNS(=O)(=O)c1ccccc1N1CCN(CCC#N)CC1.